The lowest BCUT2D eigenvalue weighted by Crippen LogP contribution is -2.43. The largest absolute Gasteiger partial charge is 0.347 e. The quantitative estimate of drug-likeness (QED) is 0.720. The second kappa shape index (κ2) is 6.36. The Morgan fingerprint density at radius 3 is 2.77 bits per heavy atom. The third-order valence-corrected chi connectivity index (χ3v) is 4.64. The van der Waals surface area contributed by atoms with Crippen LogP contribution in [0.2, 0.25) is 0 Å². The average Bonchev–Trinajstić information content (AvgIpc) is 3.28. The highest BCUT2D eigenvalue weighted by molar-refractivity contribution is 5.85. The number of benzene rings is 1. The van der Waals surface area contributed by atoms with Crippen LogP contribution >= 0.6 is 0 Å². The predicted molar refractivity (Wildman–Crippen MR) is 95.2 cm³/mol. The fourth-order valence-corrected chi connectivity index (χ4v) is 3.34. The summed E-state index contributed by atoms with van der Waals surface area (Å²) in [4.78, 5) is 16.0. The number of aromatic nitrogens is 4. The van der Waals surface area contributed by atoms with E-state index >= 15 is 0 Å². The SMILES string of the molecule is CN(C)C(=O)C1CCCN1c1ccc2nnc(-c3ccccc3F)n2n1. The predicted octanol–water partition coefficient (Wildman–Crippen LogP) is 1.99. The molecule has 1 unspecified atom stereocenters. The second-order valence-corrected chi connectivity index (χ2v) is 6.55. The van der Waals surface area contributed by atoms with Crippen molar-refractivity contribution in [3.63, 3.8) is 0 Å². The molecule has 8 heteroatoms. The third-order valence-electron chi connectivity index (χ3n) is 4.64. The molecule has 0 bridgehead atoms. The van der Waals surface area contributed by atoms with E-state index in [4.69, 9.17) is 0 Å². The maximum atomic E-state index is 14.2. The van der Waals surface area contributed by atoms with Gasteiger partial charge in [0.15, 0.2) is 11.5 Å². The molecule has 0 aliphatic carbocycles. The Bertz CT molecular complexity index is 969. The topological polar surface area (TPSA) is 66.6 Å². The van der Waals surface area contributed by atoms with Gasteiger partial charge in [-0.25, -0.2) is 4.39 Å². The summed E-state index contributed by atoms with van der Waals surface area (Å²) < 4.78 is 15.7. The third kappa shape index (κ3) is 2.67. The highest BCUT2D eigenvalue weighted by Crippen LogP contribution is 2.27. The molecule has 1 aromatic carbocycles. The van der Waals surface area contributed by atoms with Gasteiger partial charge in [0.25, 0.3) is 0 Å². The van der Waals surface area contributed by atoms with Crippen molar-refractivity contribution < 1.29 is 9.18 Å². The maximum absolute atomic E-state index is 14.2. The first kappa shape index (κ1) is 16.4. The van der Waals surface area contributed by atoms with Crippen LogP contribution in [0.1, 0.15) is 12.8 Å². The first-order valence-corrected chi connectivity index (χ1v) is 8.51. The van der Waals surface area contributed by atoms with Crippen molar-refractivity contribution >= 4 is 17.4 Å². The lowest BCUT2D eigenvalue weighted by atomic mass is 10.2. The van der Waals surface area contributed by atoms with Crippen molar-refractivity contribution in [2.45, 2.75) is 18.9 Å². The zero-order valence-corrected chi connectivity index (χ0v) is 14.6. The summed E-state index contributed by atoms with van der Waals surface area (Å²) in [5.41, 5.74) is 0.869. The summed E-state index contributed by atoms with van der Waals surface area (Å²) in [5.74, 6) is 0.681. The number of hydrogen-bond acceptors (Lipinski definition) is 5. The van der Waals surface area contributed by atoms with Crippen LogP contribution in [0.5, 0.6) is 0 Å². The van der Waals surface area contributed by atoms with Gasteiger partial charge in [-0.05, 0) is 37.1 Å². The number of hydrogen-bond donors (Lipinski definition) is 0. The van der Waals surface area contributed by atoms with Crippen molar-refractivity contribution in [3.05, 3.63) is 42.2 Å². The van der Waals surface area contributed by atoms with Gasteiger partial charge in [0.1, 0.15) is 17.7 Å². The molecular weight excluding hydrogens is 335 g/mol. The van der Waals surface area contributed by atoms with Gasteiger partial charge < -0.3 is 9.80 Å². The molecule has 2 aromatic heterocycles. The molecular formula is C18H19FN6O. The molecule has 26 heavy (non-hydrogen) atoms. The molecule has 0 spiro atoms. The number of halogens is 1. The summed E-state index contributed by atoms with van der Waals surface area (Å²) in [5, 5.41) is 12.8. The molecule has 3 heterocycles. The van der Waals surface area contributed by atoms with Gasteiger partial charge in [-0.1, -0.05) is 12.1 Å². The van der Waals surface area contributed by atoms with Crippen molar-refractivity contribution in [3.8, 4) is 11.4 Å². The Labute approximate surface area is 150 Å². The van der Waals surface area contributed by atoms with E-state index in [2.05, 4.69) is 15.3 Å². The van der Waals surface area contributed by atoms with E-state index in [9.17, 15) is 9.18 Å². The normalized spacial score (nSPS) is 17.0. The molecule has 1 aliphatic rings. The van der Waals surface area contributed by atoms with E-state index in [1.54, 1.807) is 43.3 Å². The minimum Gasteiger partial charge on any atom is -0.347 e. The maximum Gasteiger partial charge on any atom is 0.244 e. The minimum absolute atomic E-state index is 0.0579. The number of carbonyl (C=O) groups excluding carboxylic acids is 1. The fourth-order valence-electron chi connectivity index (χ4n) is 3.34. The molecule has 0 saturated carbocycles. The zero-order valence-electron chi connectivity index (χ0n) is 14.6. The molecule has 0 N–H and O–H groups in total. The van der Waals surface area contributed by atoms with Crippen molar-refractivity contribution in [2.24, 2.45) is 0 Å². The van der Waals surface area contributed by atoms with E-state index < -0.39 is 0 Å². The number of anilines is 1. The van der Waals surface area contributed by atoms with Crippen molar-refractivity contribution in [1.29, 1.82) is 0 Å². The smallest absolute Gasteiger partial charge is 0.244 e. The number of amides is 1. The van der Waals surface area contributed by atoms with Crippen LogP contribution in [-0.4, -0.2) is 57.3 Å². The first-order chi connectivity index (χ1) is 12.6. The van der Waals surface area contributed by atoms with Gasteiger partial charge in [-0.3, -0.25) is 4.79 Å². The molecule has 1 atom stereocenters. The number of rotatable bonds is 3. The molecule has 134 valence electrons. The highest BCUT2D eigenvalue weighted by atomic mass is 19.1. The molecule has 1 amide bonds. The Hall–Kier alpha value is -3.03. The standard InChI is InChI=1S/C18H19FN6O/c1-23(2)18(26)14-8-5-11-24(14)16-10-9-15-20-21-17(25(15)22-16)12-6-3-4-7-13(12)19/h3-4,6-7,9-10,14H,5,8,11H2,1-2H3. The molecule has 0 radical (unpaired) electrons. The molecule has 7 nitrogen and oxygen atoms in total. The average molecular weight is 354 g/mol. The number of carbonyl (C=O) groups is 1. The van der Waals surface area contributed by atoms with Crippen LogP contribution in [0.25, 0.3) is 17.0 Å². The summed E-state index contributed by atoms with van der Waals surface area (Å²) in [6, 6.07) is 9.79. The molecule has 1 aliphatic heterocycles. The lowest BCUT2D eigenvalue weighted by molar-refractivity contribution is -0.129. The summed E-state index contributed by atoms with van der Waals surface area (Å²) >= 11 is 0. The fraction of sp³-hybridized carbons (Fsp3) is 0.333. The van der Waals surface area contributed by atoms with E-state index in [1.165, 1.54) is 10.6 Å². The first-order valence-electron chi connectivity index (χ1n) is 8.51. The Morgan fingerprint density at radius 2 is 2.00 bits per heavy atom. The van der Waals surface area contributed by atoms with Crippen LogP contribution in [0.4, 0.5) is 10.2 Å². The van der Waals surface area contributed by atoms with Gasteiger partial charge >= 0.3 is 0 Å². The molecule has 4 rings (SSSR count). The van der Waals surface area contributed by atoms with Crippen LogP contribution in [0.3, 0.4) is 0 Å². The van der Waals surface area contributed by atoms with Crippen LogP contribution in [-0.2, 0) is 4.79 Å². The number of likely N-dealkylation sites (N-methyl/N-ethyl adjacent to an activating group) is 1. The highest BCUT2D eigenvalue weighted by Gasteiger charge is 2.33. The van der Waals surface area contributed by atoms with Crippen LogP contribution in [0, 0.1) is 5.82 Å². The molecule has 1 fully saturated rings. The van der Waals surface area contributed by atoms with Crippen molar-refractivity contribution in [2.75, 3.05) is 25.5 Å². The van der Waals surface area contributed by atoms with Crippen molar-refractivity contribution in [1.82, 2.24) is 24.7 Å². The number of fused-ring (bicyclic) bond motifs is 1. The summed E-state index contributed by atoms with van der Waals surface area (Å²) in [6.07, 6.45) is 1.71. The zero-order chi connectivity index (χ0) is 18.3. The monoisotopic (exact) mass is 354 g/mol. The van der Waals surface area contributed by atoms with Gasteiger partial charge in [-0.2, -0.15) is 4.52 Å². The van der Waals surface area contributed by atoms with E-state index in [0.29, 0.717) is 22.9 Å². The van der Waals surface area contributed by atoms with Gasteiger partial charge in [0.2, 0.25) is 5.91 Å². The summed E-state index contributed by atoms with van der Waals surface area (Å²) in [7, 11) is 3.51. The Kier molecular flexibility index (Phi) is 4.02. The van der Waals surface area contributed by atoms with E-state index in [-0.39, 0.29) is 17.8 Å². The van der Waals surface area contributed by atoms with Crippen LogP contribution < -0.4 is 4.90 Å². The van der Waals surface area contributed by atoms with E-state index in [0.717, 1.165) is 19.4 Å². The van der Waals surface area contributed by atoms with E-state index in [1.807, 2.05) is 11.0 Å². The van der Waals surface area contributed by atoms with Gasteiger partial charge in [0.05, 0.1) is 5.56 Å². The van der Waals surface area contributed by atoms with Gasteiger partial charge in [-0.15, -0.1) is 15.3 Å². The Balaban J connectivity index is 1.77. The molecule has 3 aromatic rings. The summed E-state index contributed by atoms with van der Waals surface area (Å²) in [6.45, 7) is 0.750. The number of nitrogens with zero attached hydrogens (tertiary/aromatic N) is 6. The minimum atomic E-state index is -0.379. The molecule has 1 saturated heterocycles. The van der Waals surface area contributed by atoms with Gasteiger partial charge in [0, 0.05) is 20.6 Å². The lowest BCUT2D eigenvalue weighted by Gasteiger charge is -2.26. The Morgan fingerprint density at radius 1 is 1.19 bits per heavy atom. The second-order valence-electron chi connectivity index (χ2n) is 6.55. The van der Waals surface area contributed by atoms with Crippen LogP contribution in [0.15, 0.2) is 36.4 Å².